The van der Waals surface area contributed by atoms with Crippen LogP contribution in [0.5, 0.6) is 0 Å². The van der Waals surface area contributed by atoms with Gasteiger partial charge in [-0.3, -0.25) is 14.8 Å². The summed E-state index contributed by atoms with van der Waals surface area (Å²) in [6.45, 7) is 4.23. The van der Waals surface area contributed by atoms with Crippen molar-refractivity contribution in [3.8, 4) is 11.1 Å². The number of hydrogen-bond acceptors (Lipinski definition) is 9. The molecule has 6 rings (SSSR count). The Bertz CT molecular complexity index is 1500. The van der Waals surface area contributed by atoms with Crippen LogP contribution in [0.4, 0.5) is 0 Å². The van der Waals surface area contributed by atoms with E-state index in [1.165, 1.54) is 0 Å². The fraction of sp³-hybridized carbons (Fsp3) is 0.459. The molecule has 0 saturated carbocycles. The fourth-order valence-corrected chi connectivity index (χ4v) is 6.71. The van der Waals surface area contributed by atoms with Crippen molar-refractivity contribution in [2.24, 2.45) is 0 Å². The van der Waals surface area contributed by atoms with Crippen molar-refractivity contribution < 1.29 is 38.9 Å². The molecule has 3 aromatic rings. The normalized spacial score (nSPS) is 22.4. The second-order valence-corrected chi connectivity index (χ2v) is 12.7. The van der Waals surface area contributed by atoms with Gasteiger partial charge in [-0.15, -0.1) is 0 Å². The van der Waals surface area contributed by atoms with Gasteiger partial charge in [0.1, 0.15) is 0 Å². The minimum atomic E-state index is -0.555. The second kappa shape index (κ2) is 16.1. The van der Waals surface area contributed by atoms with Gasteiger partial charge >= 0.3 is 0 Å². The van der Waals surface area contributed by atoms with Crippen LogP contribution in [0, 0.1) is 0 Å². The summed E-state index contributed by atoms with van der Waals surface area (Å²) in [5, 5.41) is 21.1. The quantitative estimate of drug-likeness (QED) is 0.163. The minimum Gasteiger partial charge on any atom is -0.392 e. The van der Waals surface area contributed by atoms with E-state index in [1.54, 1.807) is 5.48 Å². The molecule has 4 N–H and O–H groups in total. The molecule has 3 aliphatic heterocycles. The van der Waals surface area contributed by atoms with Gasteiger partial charge in [0.15, 0.2) is 12.1 Å². The monoisotopic (exact) mass is 659 g/mol. The molecule has 3 saturated heterocycles. The number of piperidine rings is 1. The Labute approximate surface area is 281 Å². The number of carbonyl (C=O) groups excluding carboxylic acids is 2. The predicted molar refractivity (Wildman–Crippen MR) is 176 cm³/mol. The maximum atomic E-state index is 12.4. The Morgan fingerprint density at radius 1 is 0.854 bits per heavy atom. The van der Waals surface area contributed by atoms with Crippen LogP contribution in [0.1, 0.15) is 73.2 Å². The van der Waals surface area contributed by atoms with Crippen LogP contribution in [0.2, 0.25) is 0 Å². The van der Waals surface area contributed by atoms with Crippen LogP contribution in [-0.2, 0) is 41.7 Å². The number of amides is 2. The molecule has 3 atom stereocenters. The van der Waals surface area contributed by atoms with Crippen LogP contribution >= 0.6 is 0 Å². The first-order valence-electron chi connectivity index (χ1n) is 16.8. The van der Waals surface area contributed by atoms with E-state index in [0.29, 0.717) is 26.2 Å². The Balaban J connectivity index is 1.13. The summed E-state index contributed by atoms with van der Waals surface area (Å²) >= 11 is 0. The zero-order valence-corrected chi connectivity index (χ0v) is 27.1. The first kappa shape index (κ1) is 34.2. The largest absolute Gasteiger partial charge is 0.392 e. The van der Waals surface area contributed by atoms with Crippen LogP contribution in [-0.4, -0.2) is 71.8 Å². The molecule has 0 aromatic heterocycles. The number of aliphatic hydroxyl groups excluding tert-OH is 1. The van der Waals surface area contributed by atoms with Gasteiger partial charge < -0.3 is 34.3 Å². The number of nitrogens with one attached hydrogen (secondary N) is 2. The number of nitrogens with zero attached hydrogens (tertiary/aromatic N) is 1. The van der Waals surface area contributed by atoms with E-state index >= 15 is 0 Å². The molecule has 3 heterocycles. The lowest BCUT2D eigenvalue weighted by Gasteiger charge is -2.41. The molecule has 0 aliphatic carbocycles. The Morgan fingerprint density at radius 2 is 1.54 bits per heavy atom. The minimum absolute atomic E-state index is 0.00258. The van der Waals surface area contributed by atoms with Gasteiger partial charge in [0.05, 0.1) is 32.0 Å². The van der Waals surface area contributed by atoms with Crippen LogP contribution in [0.3, 0.4) is 0 Å². The van der Waals surface area contributed by atoms with Crippen molar-refractivity contribution >= 4 is 11.8 Å². The van der Waals surface area contributed by atoms with Gasteiger partial charge in [-0.2, -0.15) is 0 Å². The summed E-state index contributed by atoms with van der Waals surface area (Å²) in [4.78, 5) is 26.0. The third-order valence-electron chi connectivity index (χ3n) is 9.43. The Kier molecular flexibility index (Phi) is 11.5. The topological polar surface area (TPSA) is 139 Å². The molecular weight excluding hydrogens is 614 g/mol. The number of carbonyl (C=O) groups is 2. The predicted octanol–water partition coefficient (Wildman–Crippen LogP) is 4.52. The third kappa shape index (κ3) is 8.66. The summed E-state index contributed by atoms with van der Waals surface area (Å²) in [5.74, 6) is -1.08. The van der Waals surface area contributed by atoms with Gasteiger partial charge in [-0.05, 0) is 34.2 Å². The lowest BCUT2D eigenvalue weighted by atomic mass is 9.97. The number of ether oxygens (including phenoxy) is 4. The second-order valence-electron chi connectivity index (χ2n) is 12.7. The van der Waals surface area contributed by atoms with E-state index in [4.69, 9.17) is 24.2 Å². The first-order valence-corrected chi connectivity index (χ1v) is 16.8. The van der Waals surface area contributed by atoms with Crippen LogP contribution in [0.15, 0.2) is 72.8 Å². The van der Waals surface area contributed by atoms with Crippen molar-refractivity contribution in [2.75, 3.05) is 32.8 Å². The maximum Gasteiger partial charge on any atom is 0.243 e. The standard InChI is InChI=1S/C37H45N3O8/c41-25-26-8-10-28(11-9-26)33-22-31(24-40-18-16-37(17-19-40)45-20-21-46-37)47-36(48-33)29-14-12-27(13-15-29)32-5-2-1-4-30(32)23-38-34(42)6-3-7-35(43)39-44/h1-2,4-5,8-15,31,33,36,41,44H,3,6-7,16-25H2,(H,38,42)(H,39,43). The average molecular weight is 660 g/mol. The molecule has 3 aliphatic rings. The van der Waals surface area contributed by atoms with Gasteiger partial charge in [-0.1, -0.05) is 72.8 Å². The van der Waals surface area contributed by atoms with Gasteiger partial charge in [0.25, 0.3) is 0 Å². The van der Waals surface area contributed by atoms with Crippen molar-refractivity contribution in [1.82, 2.24) is 15.7 Å². The smallest absolute Gasteiger partial charge is 0.243 e. The average Bonchev–Trinajstić information content (AvgIpc) is 3.59. The zero-order valence-electron chi connectivity index (χ0n) is 27.1. The molecule has 11 heteroatoms. The zero-order chi connectivity index (χ0) is 33.3. The van der Waals surface area contributed by atoms with Crippen LogP contribution in [0.25, 0.3) is 11.1 Å². The molecule has 256 valence electrons. The van der Waals surface area contributed by atoms with E-state index in [9.17, 15) is 14.7 Å². The summed E-state index contributed by atoms with van der Waals surface area (Å²) in [7, 11) is 0. The van der Waals surface area contributed by atoms with Crippen molar-refractivity contribution in [2.45, 2.75) is 76.0 Å². The molecule has 0 bridgehead atoms. The highest BCUT2D eigenvalue weighted by Crippen LogP contribution is 2.39. The Morgan fingerprint density at radius 3 is 2.25 bits per heavy atom. The maximum absolute atomic E-state index is 12.4. The molecule has 1 spiro atoms. The van der Waals surface area contributed by atoms with E-state index < -0.39 is 18.0 Å². The highest BCUT2D eigenvalue weighted by Gasteiger charge is 2.41. The summed E-state index contributed by atoms with van der Waals surface area (Å²) in [5.41, 5.74) is 7.40. The van der Waals surface area contributed by atoms with Crippen molar-refractivity contribution in [3.05, 3.63) is 95.1 Å². The summed E-state index contributed by atoms with van der Waals surface area (Å²) < 4.78 is 25.1. The van der Waals surface area contributed by atoms with Crippen molar-refractivity contribution in [3.63, 3.8) is 0 Å². The molecule has 3 aromatic carbocycles. The fourth-order valence-electron chi connectivity index (χ4n) is 6.71. The van der Waals surface area contributed by atoms with Gasteiger partial charge in [0.2, 0.25) is 11.8 Å². The molecule has 2 amide bonds. The first-order chi connectivity index (χ1) is 23.4. The molecule has 3 unspecified atom stereocenters. The van der Waals surface area contributed by atoms with E-state index in [0.717, 1.165) is 72.3 Å². The lowest BCUT2D eigenvalue weighted by molar-refractivity contribution is -0.255. The SMILES string of the molecule is O=C(CCCC(=O)NCc1ccccc1-c1ccc(C2OC(CN3CCC4(CC3)OCCO4)CC(c3ccc(CO)cc3)O2)cc1)NO. The lowest BCUT2D eigenvalue weighted by Crippen LogP contribution is -2.48. The number of likely N-dealkylation sites (tertiary alicyclic amines) is 1. The molecule has 3 fully saturated rings. The van der Waals surface area contributed by atoms with Crippen molar-refractivity contribution in [1.29, 1.82) is 0 Å². The summed E-state index contributed by atoms with van der Waals surface area (Å²) in [6, 6.07) is 24.0. The van der Waals surface area contributed by atoms with Crippen LogP contribution < -0.4 is 10.8 Å². The molecule has 11 nitrogen and oxygen atoms in total. The Hall–Kier alpha value is -3.68. The number of rotatable bonds is 12. The summed E-state index contributed by atoms with van der Waals surface area (Å²) in [6.07, 6.45) is 2.28. The third-order valence-corrected chi connectivity index (χ3v) is 9.43. The van der Waals surface area contributed by atoms with Gasteiger partial charge in [-0.25, -0.2) is 5.48 Å². The van der Waals surface area contributed by atoms with E-state index in [2.05, 4.69) is 22.3 Å². The number of hydroxylamine groups is 1. The highest BCUT2D eigenvalue weighted by molar-refractivity contribution is 5.78. The molecule has 48 heavy (non-hydrogen) atoms. The molecular formula is C37H45N3O8. The number of benzene rings is 3. The molecule has 0 radical (unpaired) electrons. The highest BCUT2D eigenvalue weighted by atomic mass is 16.7. The number of aliphatic hydroxyl groups is 1. The van der Waals surface area contributed by atoms with Gasteiger partial charge in [0, 0.05) is 63.8 Å². The van der Waals surface area contributed by atoms with E-state index in [1.807, 2.05) is 60.7 Å². The van der Waals surface area contributed by atoms with E-state index in [-0.39, 0.29) is 37.6 Å². The number of hydrogen-bond donors (Lipinski definition) is 4.